The second-order valence-corrected chi connectivity index (χ2v) is 5.44. The van der Waals surface area contributed by atoms with Gasteiger partial charge in [0.2, 0.25) is 0 Å². The first-order valence-corrected chi connectivity index (χ1v) is 7.79. The number of hydrogen-bond donors (Lipinski definition) is 0. The first kappa shape index (κ1) is 15.4. The molecule has 0 aromatic heterocycles. The highest BCUT2D eigenvalue weighted by atomic mass is 79.9. The molecule has 20 heavy (non-hydrogen) atoms. The lowest BCUT2D eigenvalue weighted by molar-refractivity contribution is 0.0564. The van der Waals surface area contributed by atoms with Crippen molar-refractivity contribution in [3.8, 4) is 5.75 Å². The van der Waals surface area contributed by atoms with Crippen LogP contribution in [-0.2, 0) is 11.3 Å². The van der Waals surface area contributed by atoms with Gasteiger partial charge < -0.3 is 9.47 Å². The Kier molecular flexibility index (Phi) is 5.89. The first-order chi connectivity index (χ1) is 9.72. The minimum atomic E-state index is -0.0240. The lowest BCUT2D eigenvalue weighted by atomic mass is 10.1. The second-order valence-electron chi connectivity index (χ2n) is 4.36. The van der Waals surface area contributed by atoms with E-state index < -0.39 is 0 Å². The number of halogens is 2. The average Bonchev–Trinajstić information content (AvgIpc) is 2.48. The van der Waals surface area contributed by atoms with Gasteiger partial charge in [-0.1, -0.05) is 51.8 Å². The van der Waals surface area contributed by atoms with Gasteiger partial charge in [-0.2, -0.15) is 0 Å². The zero-order valence-electron chi connectivity index (χ0n) is 11.2. The van der Waals surface area contributed by atoms with Gasteiger partial charge >= 0.3 is 0 Å². The van der Waals surface area contributed by atoms with Crippen LogP contribution < -0.4 is 4.74 Å². The van der Waals surface area contributed by atoms with Gasteiger partial charge in [-0.15, -0.1) is 0 Å². The van der Waals surface area contributed by atoms with Gasteiger partial charge in [0.1, 0.15) is 5.75 Å². The van der Waals surface area contributed by atoms with Crippen molar-refractivity contribution in [3.63, 3.8) is 0 Å². The predicted octanol–water partition coefficient (Wildman–Crippen LogP) is 5.00. The summed E-state index contributed by atoms with van der Waals surface area (Å²) in [5.41, 5.74) is 2.15. The molecule has 2 rings (SSSR count). The van der Waals surface area contributed by atoms with E-state index in [0.29, 0.717) is 6.61 Å². The highest BCUT2D eigenvalue weighted by molar-refractivity contribution is 9.09. The zero-order chi connectivity index (χ0) is 14.4. The minimum Gasteiger partial charge on any atom is -0.497 e. The minimum absolute atomic E-state index is 0.0240. The molecule has 0 aliphatic carbocycles. The van der Waals surface area contributed by atoms with Crippen molar-refractivity contribution in [1.29, 1.82) is 0 Å². The molecule has 4 heteroatoms. The van der Waals surface area contributed by atoms with Crippen LogP contribution in [0.3, 0.4) is 0 Å². The largest absolute Gasteiger partial charge is 0.497 e. The summed E-state index contributed by atoms with van der Waals surface area (Å²) in [6.07, 6.45) is -0.0240. The normalized spacial score (nSPS) is 12.2. The summed E-state index contributed by atoms with van der Waals surface area (Å²) in [5, 5.41) is 1.45. The molecule has 0 amide bonds. The third kappa shape index (κ3) is 4.23. The van der Waals surface area contributed by atoms with Crippen LogP contribution in [0.25, 0.3) is 0 Å². The van der Waals surface area contributed by atoms with Crippen molar-refractivity contribution in [2.24, 2.45) is 0 Å². The van der Waals surface area contributed by atoms with Crippen LogP contribution in [0.2, 0.25) is 5.02 Å². The molecule has 0 saturated heterocycles. The number of ether oxygens (including phenoxy) is 2. The molecule has 2 aromatic rings. The van der Waals surface area contributed by atoms with E-state index in [4.69, 9.17) is 21.1 Å². The van der Waals surface area contributed by atoms with Gasteiger partial charge in [-0.05, 0) is 35.4 Å². The van der Waals surface area contributed by atoms with Crippen LogP contribution in [0.4, 0.5) is 0 Å². The van der Waals surface area contributed by atoms with E-state index in [1.54, 1.807) is 7.11 Å². The van der Waals surface area contributed by atoms with Gasteiger partial charge in [0.25, 0.3) is 0 Å². The van der Waals surface area contributed by atoms with Crippen LogP contribution >= 0.6 is 27.5 Å². The van der Waals surface area contributed by atoms with Crippen molar-refractivity contribution in [1.82, 2.24) is 0 Å². The van der Waals surface area contributed by atoms with Crippen LogP contribution in [0, 0.1) is 0 Å². The Morgan fingerprint density at radius 2 is 1.95 bits per heavy atom. The molecular weight excluding hydrogens is 340 g/mol. The molecule has 0 spiro atoms. The second kappa shape index (κ2) is 7.67. The van der Waals surface area contributed by atoms with Gasteiger partial charge in [0, 0.05) is 10.4 Å². The van der Waals surface area contributed by atoms with Crippen molar-refractivity contribution >= 4 is 27.5 Å². The van der Waals surface area contributed by atoms with Crippen molar-refractivity contribution < 1.29 is 9.47 Å². The number of methoxy groups -OCH3 is 1. The monoisotopic (exact) mass is 354 g/mol. The van der Waals surface area contributed by atoms with Crippen LogP contribution in [0.5, 0.6) is 5.75 Å². The van der Waals surface area contributed by atoms with E-state index in [2.05, 4.69) is 15.9 Å². The van der Waals surface area contributed by atoms with Crippen LogP contribution in [0.15, 0.2) is 48.5 Å². The molecule has 1 atom stereocenters. The highest BCUT2D eigenvalue weighted by Gasteiger charge is 2.11. The van der Waals surface area contributed by atoms with Gasteiger partial charge in [0.05, 0.1) is 19.8 Å². The maximum absolute atomic E-state index is 5.97. The van der Waals surface area contributed by atoms with E-state index in [0.717, 1.165) is 27.2 Å². The lowest BCUT2D eigenvalue weighted by Crippen LogP contribution is -2.06. The molecule has 0 saturated carbocycles. The van der Waals surface area contributed by atoms with Crippen molar-refractivity contribution in [2.45, 2.75) is 12.7 Å². The SMILES string of the molecule is COc1cccc(C(CBr)OCc2cccc(Cl)c2)c1. The summed E-state index contributed by atoms with van der Waals surface area (Å²) in [7, 11) is 1.66. The van der Waals surface area contributed by atoms with Gasteiger partial charge in [0.15, 0.2) is 0 Å². The van der Waals surface area contributed by atoms with Gasteiger partial charge in [-0.25, -0.2) is 0 Å². The Bertz CT molecular complexity index is 560. The molecule has 2 nitrogen and oxygen atoms in total. The molecule has 106 valence electrons. The summed E-state index contributed by atoms with van der Waals surface area (Å²) in [6, 6.07) is 15.6. The van der Waals surface area contributed by atoms with E-state index in [-0.39, 0.29) is 6.10 Å². The molecule has 0 aliphatic heterocycles. The zero-order valence-corrected chi connectivity index (χ0v) is 13.5. The number of rotatable bonds is 6. The van der Waals surface area contributed by atoms with Crippen molar-refractivity contribution in [3.05, 3.63) is 64.7 Å². The van der Waals surface area contributed by atoms with E-state index in [1.807, 2.05) is 48.5 Å². The predicted molar refractivity (Wildman–Crippen MR) is 85.8 cm³/mol. The van der Waals surface area contributed by atoms with E-state index in [9.17, 15) is 0 Å². The molecule has 0 bridgehead atoms. The van der Waals surface area contributed by atoms with Crippen LogP contribution in [0.1, 0.15) is 17.2 Å². The third-order valence-corrected chi connectivity index (χ3v) is 3.77. The maximum atomic E-state index is 5.97. The smallest absolute Gasteiger partial charge is 0.119 e. The Hall–Kier alpha value is -1.03. The molecule has 0 fully saturated rings. The molecule has 0 heterocycles. The summed E-state index contributed by atoms with van der Waals surface area (Å²) in [4.78, 5) is 0. The fraction of sp³-hybridized carbons (Fsp3) is 0.250. The lowest BCUT2D eigenvalue weighted by Gasteiger charge is -2.16. The van der Waals surface area contributed by atoms with Crippen molar-refractivity contribution in [2.75, 3.05) is 12.4 Å². The Labute approximate surface area is 132 Å². The average molecular weight is 356 g/mol. The fourth-order valence-corrected chi connectivity index (χ4v) is 2.67. The highest BCUT2D eigenvalue weighted by Crippen LogP contribution is 2.25. The summed E-state index contributed by atoms with van der Waals surface area (Å²) < 4.78 is 11.2. The Balaban J connectivity index is 2.05. The third-order valence-electron chi connectivity index (χ3n) is 2.95. The maximum Gasteiger partial charge on any atom is 0.119 e. The first-order valence-electron chi connectivity index (χ1n) is 6.29. The van der Waals surface area contributed by atoms with Gasteiger partial charge in [-0.3, -0.25) is 0 Å². The van der Waals surface area contributed by atoms with Crippen LogP contribution in [-0.4, -0.2) is 12.4 Å². The molecule has 0 radical (unpaired) electrons. The number of benzene rings is 2. The molecule has 1 unspecified atom stereocenters. The standard InChI is InChI=1S/C16H16BrClO2/c1-19-15-7-3-5-13(9-15)16(10-17)20-11-12-4-2-6-14(18)8-12/h2-9,16H,10-11H2,1H3. The molecule has 2 aromatic carbocycles. The Morgan fingerprint density at radius 1 is 1.15 bits per heavy atom. The van der Waals surface area contributed by atoms with E-state index in [1.165, 1.54) is 0 Å². The molecule has 0 aliphatic rings. The fourth-order valence-electron chi connectivity index (χ4n) is 1.90. The quantitative estimate of drug-likeness (QED) is 0.679. The molecule has 0 N–H and O–H groups in total. The number of alkyl halides is 1. The summed E-state index contributed by atoms with van der Waals surface area (Å²) in [6.45, 7) is 0.522. The Morgan fingerprint density at radius 3 is 2.65 bits per heavy atom. The topological polar surface area (TPSA) is 18.5 Å². The van der Waals surface area contributed by atoms with E-state index >= 15 is 0 Å². The molecular formula is C16H16BrClO2. The summed E-state index contributed by atoms with van der Waals surface area (Å²) >= 11 is 9.46. The summed E-state index contributed by atoms with van der Waals surface area (Å²) in [5.74, 6) is 0.833. The number of hydrogen-bond acceptors (Lipinski definition) is 2.